The Labute approximate surface area is 141 Å². The Hall–Kier alpha value is -0.923. The van der Waals surface area contributed by atoms with Crippen LogP contribution in [0.5, 0.6) is 0 Å². The zero-order chi connectivity index (χ0) is 18.1. The van der Waals surface area contributed by atoms with Gasteiger partial charge >= 0.3 is 6.09 Å². The van der Waals surface area contributed by atoms with Gasteiger partial charge in [-0.1, -0.05) is 19.6 Å². The van der Waals surface area contributed by atoms with Crippen LogP contribution in [0.1, 0.15) is 34.1 Å². The minimum atomic E-state index is -1.10. The lowest BCUT2D eigenvalue weighted by Gasteiger charge is -2.23. The summed E-state index contributed by atoms with van der Waals surface area (Å²) < 4.78 is 16.0. The van der Waals surface area contributed by atoms with Gasteiger partial charge in [-0.15, -0.1) is 0 Å². The largest absolute Gasteiger partial charge is 0.444 e. The van der Waals surface area contributed by atoms with Crippen molar-refractivity contribution < 1.29 is 23.8 Å². The lowest BCUT2D eigenvalue weighted by molar-refractivity contribution is -0.118. The number of carbonyl (C=O) groups is 2. The summed E-state index contributed by atoms with van der Waals surface area (Å²) in [6.07, 6.45) is -0.347. The van der Waals surface area contributed by atoms with Crippen LogP contribution >= 0.6 is 0 Å². The van der Waals surface area contributed by atoms with Crippen molar-refractivity contribution in [1.82, 2.24) is 5.32 Å². The topological polar surface area (TPSA) is 73.9 Å². The molecule has 0 bridgehead atoms. The zero-order valence-electron chi connectivity index (χ0n) is 15.7. The molecule has 0 saturated carbocycles. The van der Waals surface area contributed by atoms with Crippen molar-refractivity contribution in [2.45, 2.75) is 71.4 Å². The predicted octanol–water partition coefficient (Wildman–Crippen LogP) is 3.19. The third-order valence-corrected chi connectivity index (χ3v) is 4.44. The van der Waals surface area contributed by atoms with Gasteiger partial charge in [0.25, 0.3) is 0 Å². The first kappa shape index (κ1) is 22.1. The number of nitrogens with one attached hydrogen (secondary N) is 1. The van der Waals surface area contributed by atoms with E-state index in [0.717, 1.165) is 6.04 Å². The van der Waals surface area contributed by atoms with Crippen molar-refractivity contribution in [3.63, 3.8) is 0 Å². The van der Waals surface area contributed by atoms with E-state index >= 15 is 0 Å². The first-order valence-corrected chi connectivity index (χ1v) is 11.7. The second kappa shape index (κ2) is 10.0. The van der Waals surface area contributed by atoms with Crippen LogP contribution in [-0.2, 0) is 19.0 Å². The van der Waals surface area contributed by atoms with Crippen LogP contribution < -0.4 is 5.32 Å². The quantitative estimate of drug-likeness (QED) is 0.373. The second-order valence-electron chi connectivity index (χ2n) is 7.96. The van der Waals surface area contributed by atoms with Crippen LogP contribution in [-0.4, -0.2) is 51.6 Å². The molecule has 1 N–H and O–H groups in total. The summed E-state index contributed by atoms with van der Waals surface area (Å²) in [4.78, 5) is 23.1. The van der Waals surface area contributed by atoms with E-state index in [4.69, 9.17) is 14.2 Å². The number of carbonyl (C=O) groups excluding carboxylic acids is 2. The number of hydrogen-bond acceptors (Lipinski definition) is 5. The number of ether oxygens (including phenoxy) is 3. The molecule has 136 valence electrons. The Morgan fingerprint density at radius 3 is 2.22 bits per heavy atom. The van der Waals surface area contributed by atoms with Crippen LogP contribution in [0.15, 0.2) is 0 Å². The number of ketones is 1. The molecule has 0 fully saturated rings. The van der Waals surface area contributed by atoms with Gasteiger partial charge in [0.15, 0.2) is 0 Å². The fourth-order valence-electron chi connectivity index (χ4n) is 1.66. The summed E-state index contributed by atoms with van der Waals surface area (Å²) in [6, 6.07) is 0.659. The van der Waals surface area contributed by atoms with Crippen molar-refractivity contribution in [2.24, 2.45) is 0 Å². The first-order valence-electron chi connectivity index (χ1n) is 8.03. The van der Waals surface area contributed by atoms with E-state index in [0.29, 0.717) is 6.61 Å². The Morgan fingerprint density at radius 1 is 1.13 bits per heavy atom. The third-order valence-electron chi connectivity index (χ3n) is 2.74. The molecule has 6 nitrogen and oxygen atoms in total. The van der Waals surface area contributed by atoms with Gasteiger partial charge in [0.2, 0.25) is 0 Å². The number of Topliss-reactive ketones (excluding diaryl/α,β-unsaturated/α-hetero) is 1. The molecular formula is C16H33NO5Si. The standard InChI is InChI=1S/C16H33NO5Si/c1-13(18)10-14(17-15(19)22-16(2,3)4)11-21-12-20-8-9-23(5,6)7/h14H,8-12H2,1-7H3,(H,17,19)/t14-/m0/s1. The van der Waals surface area contributed by atoms with Gasteiger partial charge < -0.3 is 19.5 Å². The summed E-state index contributed by atoms with van der Waals surface area (Å²) in [5.41, 5.74) is -0.578. The molecule has 0 spiro atoms. The smallest absolute Gasteiger partial charge is 0.407 e. The van der Waals surface area contributed by atoms with Crippen LogP contribution in [0.3, 0.4) is 0 Å². The minimum Gasteiger partial charge on any atom is -0.444 e. The van der Waals surface area contributed by atoms with Crippen LogP contribution in [0.4, 0.5) is 4.79 Å². The summed E-state index contributed by atoms with van der Waals surface area (Å²) in [5.74, 6) is -0.0192. The highest BCUT2D eigenvalue weighted by molar-refractivity contribution is 6.76. The summed E-state index contributed by atoms with van der Waals surface area (Å²) in [5, 5.41) is 2.66. The second-order valence-corrected chi connectivity index (χ2v) is 13.6. The first-order chi connectivity index (χ1) is 10.4. The molecule has 0 aromatic carbocycles. The summed E-state index contributed by atoms with van der Waals surface area (Å²) in [6.45, 7) is 14.7. The van der Waals surface area contributed by atoms with E-state index in [1.165, 1.54) is 6.92 Å². The number of hydrogen-bond donors (Lipinski definition) is 1. The lowest BCUT2D eigenvalue weighted by atomic mass is 10.1. The molecule has 0 aromatic rings. The fourth-order valence-corrected chi connectivity index (χ4v) is 2.42. The van der Waals surface area contributed by atoms with Gasteiger partial charge in [-0.2, -0.15) is 0 Å². The highest BCUT2D eigenvalue weighted by Crippen LogP contribution is 2.08. The van der Waals surface area contributed by atoms with Crippen molar-refractivity contribution in [2.75, 3.05) is 20.0 Å². The van der Waals surface area contributed by atoms with Gasteiger partial charge in [0, 0.05) is 21.1 Å². The highest BCUT2D eigenvalue weighted by Gasteiger charge is 2.20. The highest BCUT2D eigenvalue weighted by atomic mass is 28.3. The molecule has 0 saturated heterocycles. The van der Waals surface area contributed by atoms with Gasteiger partial charge in [-0.05, 0) is 33.7 Å². The summed E-state index contributed by atoms with van der Waals surface area (Å²) >= 11 is 0. The van der Waals surface area contributed by atoms with Crippen LogP contribution in [0.25, 0.3) is 0 Å². The predicted molar refractivity (Wildman–Crippen MR) is 93.4 cm³/mol. The Kier molecular flexibility index (Phi) is 9.65. The minimum absolute atomic E-state index is 0.0192. The maximum Gasteiger partial charge on any atom is 0.407 e. The maximum atomic E-state index is 11.8. The number of rotatable bonds is 10. The van der Waals surface area contributed by atoms with Crippen molar-refractivity contribution >= 4 is 20.0 Å². The van der Waals surface area contributed by atoms with E-state index in [-0.39, 0.29) is 25.6 Å². The normalized spacial score (nSPS) is 13.5. The average Bonchev–Trinajstić information content (AvgIpc) is 2.28. The number of amides is 1. The van der Waals surface area contributed by atoms with Crippen molar-refractivity contribution in [3.05, 3.63) is 0 Å². The molecule has 23 heavy (non-hydrogen) atoms. The number of alkyl carbamates (subject to hydrolysis) is 1. The molecule has 0 rings (SSSR count). The monoisotopic (exact) mass is 347 g/mol. The Balaban J connectivity index is 4.11. The van der Waals surface area contributed by atoms with E-state index in [1.807, 2.05) is 0 Å². The van der Waals surface area contributed by atoms with Crippen LogP contribution in [0, 0.1) is 0 Å². The van der Waals surface area contributed by atoms with E-state index in [9.17, 15) is 9.59 Å². The lowest BCUT2D eigenvalue weighted by Crippen LogP contribution is -2.42. The van der Waals surface area contributed by atoms with Gasteiger partial charge in [-0.25, -0.2) is 4.79 Å². The Bertz CT molecular complexity index is 374. The maximum absolute atomic E-state index is 11.8. The molecule has 0 aliphatic heterocycles. The molecule has 0 radical (unpaired) electrons. The van der Waals surface area contributed by atoms with E-state index < -0.39 is 25.8 Å². The molecule has 1 atom stereocenters. The molecule has 0 aliphatic carbocycles. The summed E-state index contributed by atoms with van der Waals surface area (Å²) in [7, 11) is -1.10. The molecular weight excluding hydrogens is 314 g/mol. The van der Waals surface area contributed by atoms with Crippen molar-refractivity contribution in [3.8, 4) is 0 Å². The Morgan fingerprint density at radius 2 is 1.74 bits per heavy atom. The fraction of sp³-hybridized carbons (Fsp3) is 0.875. The molecule has 0 unspecified atom stereocenters. The third kappa shape index (κ3) is 15.7. The molecule has 0 heterocycles. The van der Waals surface area contributed by atoms with E-state index in [2.05, 4.69) is 25.0 Å². The molecule has 0 aliphatic rings. The molecule has 1 amide bonds. The molecule has 0 aromatic heterocycles. The zero-order valence-corrected chi connectivity index (χ0v) is 16.7. The molecule has 7 heteroatoms. The van der Waals surface area contributed by atoms with Crippen LogP contribution in [0.2, 0.25) is 25.7 Å². The SMILES string of the molecule is CC(=O)C[C@@H](COCOCC[Si](C)(C)C)NC(=O)OC(C)(C)C. The van der Waals surface area contributed by atoms with Gasteiger partial charge in [0.1, 0.15) is 18.2 Å². The van der Waals surface area contributed by atoms with E-state index in [1.54, 1.807) is 20.8 Å². The van der Waals surface area contributed by atoms with Crippen molar-refractivity contribution in [1.29, 1.82) is 0 Å². The van der Waals surface area contributed by atoms with Gasteiger partial charge in [0.05, 0.1) is 12.6 Å². The van der Waals surface area contributed by atoms with Gasteiger partial charge in [-0.3, -0.25) is 4.79 Å². The average molecular weight is 348 g/mol.